The summed E-state index contributed by atoms with van der Waals surface area (Å²) in [5.74, 6) is 0.0565. The molecule has 9 heteroatoms. The minimum Gasteiger partial charge on any atom is -0.493 e. The summed E-state index contributed by atoms with van der Waals surface area (Å²) < 4.78 is 33.8. The topological polar surface area (TPSA) is 83.2 Å². The van der Waals surface area contributed by atoms with Gasteiger partial charge in [0.05, 0.1) is 18.2 Å². The Balaban J connectivity index is 1.94. The molecule has 0 aromatic heterocycles. The van der Waals surface area contributed by atoms with Crippen molar-refractivity contribution in [1.29, 1.82) is 0 Å². The maximum absolute atomic E-state index is 12.3. The first-order chi connectivity index (χ1) is 12.0. The molecule has 0 amide bonds. The van der Waals surface area contributed by atoms with E-state index in [1.165, 1.54) is 43.7 Å². The van der Waals surface area contributed by atoms with Gasteiger partial charge in [-0.05, 0) is 35.9 Å². The molecule has 0 saturated heterocycles. The maximum atomic E-state index is 12.3. The highest BCUT2D eigenvalue weighted by molar-refractivity contribution is 5.80. The van der Waals surface area contributed by atoms with E-state index in [0.717, 1.165) is 0 Å². The van der Waals surface area contributed by atoms with Gasteiger partial charge in [-0.15, -0.1) is 0 Å². The summed E-state index contributed by atoms with van der Waals surface area (Å²) in [5.41, 5.74) is 1.26. The van der Waals surface area contributed by atoms with Crippen LogP contribution in [0.25, 0.3) is 0 Å². The van der Waals surface area contributed by atoms with Gasteiger partial charge in [0, 0.05) is 17.7 Å². The first kappa shape index (κ1) is 18.1. The van der Waals surface area contributed by atoms with Crippen molar-refractivity contribution in [2.45, 2.75) is 13.2 Å². The van der Waals surface area contributed by atoms with Crippen molar-refractivity contribution >= 4 is 11.9 Å². The molecular weight excluding hydrogens is 338 g/mol. The Morgan fingerprint density at radius 2 is 1.92 bits per heavy atom. The monoisotopic (exact) mass is 352 g/mol. The second-order valence-electron chi connectivity index (χ2n) is 4.72. The second-order valence-corrected chi connectivity index (χ2v) is 4.72. The lowest BCUT2D eigenvalue weighted by atomic mass is 10.2. The fourth-order valence-electron chi connectivity index (χ4n) is 1.88. The lowest BCUT2D eigenvalue weighted by molar-refractivity contribution is -0.384. The fraction of sp³-hybridized carbons (Fsp3) is 0.188. The maximum Gasteiger partial charge on any atom is 0.387 e. The number of halogens is 2. The van der Waals surface area contributed by atoms with E-state index in [4.69, 9.17) is 9.57 Å². The zero-order valence-electron chi connectivity index (χ0n) is 13.1. The first-order valence-corrected chi connectivity index (χ1v) is 7.01. The van der Waals surface area contributed by atoms with Gasteiger partial charge < -0.3 is 14.3 Å². The Kier molecular flexibility index (Phi) is 6.21. The molecule has 2 rings (SSSR count). The molecule has 2 aromatic rings. The van der Waals surface area contributed by atoms with Crippen LogP contribution >= 0.6 is 0 Å². The van der Waals surface area contributed by atoms with E-state index in [2.05, 4.69) is 9.89 Å². The number of hydrogen-bond donors (Lipinski definition) is 0. The number of rotatable bonds is 8. The van der Waals surface area contributed by atoms with Gasteiger partial charge in [-0.2, -0.15) is 8.78 Å². The van der Waals surface area contributed by atoms with Gasteiger partial charge in [0.1, 0.15) is 6.61 Å². The molecule has 2 aromatic carbocycles. The van der Waals surface area contributed by atoms with E-state index in [-0.39, 0.29) is 23.8 Å². The summed E-state index contributed by atoms with van der Waals surface area (Å²) in [6, 6.07) is 10.2. The molecular formula is C16H14F2N2O5. The zero-order valence-corrected chi connectivity index (χ0v) is 13.1. The number of non-ortho nitro benzene ring substituents is 1. The number of benzene rings is 2. The number of ether oxygens (including phenoxy) is 2. The van der Waals surface area contributed by atoms with Gasteiger partial charge in [-0.3, -0.25) is 10.1 Å². The van der Waals surface area contributed by atoms with Gasteiger partial charge >= 0.3 is 6.61 Å². The standard InChI is InChI=1S/C16H14F2N2O5/c1-23-15-8-12(4-7-14(15)25-16(17)18)9-19-24-10-11-2-5-13(6-3-11)20(21)22/h2-9,16H,10H2,1H3/b19-9-. The Morgan fingerprint density at radius 1 is 1.20 bits per heavy atom. The third-order valence-corrected chi connectivity index (χ3v) is 3.06. The Labute approximate surface area is 141 Å². The van der Waals surface area contributed by atoms with Crippen LogP contribution in [-0.2, 0) is 11.4 Å². The molecule has 0 N–H and O–H groups in total. The second kappa shape index (κ2) is 8.57. The van der Waals surface area contributed by atoms with Crippen molar-refractivity contribution in [2.24, 2.45) is 5.16 Å². The molecule has 0 atom stereocenters. The average Bonchev–Trinajstić information content (AvgIpc) is 2.59. The number of methoxy groups -OCH3 is 1. The van der Waals surface area contributed by atoms with Crippen molar-refractivity contribution in [3.8, 4) is 11.5 Å². The van der Waals surface area contributed by atoms with Crippen molar-refractivity contribution < 1.29 is 28.0 Å². The van der Waals surface area contributed by atoms with Gasteiger partial charge in [0.2, 0.25) is 0 Å². The predicted octanol–water partition coefficient (Wildman–Crippen LogP) is 3.76. The van der Waals surface area contributed by atoms with E-state index in [9.17, 15) is 18.9 Å². The molecule has 0 bridgehead atoms. The summed E-state index contributed by atoms with van der Waals surface area (Å²) in [6.07, 6.45) is 1.38. The van der Waals surface area contributed by atoms with Crippen LogP contribution in [0.2, 0.25) is 0 Å². The molecule has 0 aliphatic carbocycles. The SMILES string of the molecule is COc1cc(/C=N\OCc2ccc([N+](=O)[O-])cc2)ccc1OC(F)F. The van der Waals surface area contributed by atoms with Crippen LogP contribution in [0.5, 0.6) is 11.5 Å². The smallest absolute Gasteiger partial charge is 0.387 e. The molecule has 7 nitrogen and oxygen atoms in total. The van der Waals surface area contributed by atoms with Crippen molar-refractivity contribution in [3.63, 3.8) is 0 Å². The fourth-order valence-corrected chi connectivity index (χ4v) is 1.88. The third kappa shape index (κ3) is 5.41. The quantitative estimate of drug-likeness (QED) is 0.410. The molecule has 0 spiro atoms. The van der Waals surface area contributed by atoms with E-state index in [0.29, 0.717) is 11.1 Å². The van der Waals surface area contributed by atoms with Crippen LogP contribution in [-0.4, -0.2) is 24.9 Å². The Bertz CT molecular complexity index is 751. The molecule has 0 aliphatic rings. The lowest BCUT2D eigenvalue weighted by Crippen LogP contribution is -2.03. The van der Waals surface area contributed by atoms with Crippen LogP contribution in [0, 0.1) is 10.1 Å². The van der Waals surface area contributed by atoms with Crippen LogP contribution in [0.4, 0.5) is 14.5 Å². The number of hydrogen-bond acceptors (Lipinski definition) is 6. The summed E-state index contributed by atoms with van der Waals surface area (Å²) in [5, 5.41) is 14.3. The summed E-state index contributed by atoms with van der Waals surface area (Å²) in [4.78, 5) is 15.2. The van der Waals surface area contributed by atoms with E-state index < -0.39 is 11.5 Å². The van der Waals surface area contributed by atoms with Crippen molar-refractivity contribution in [2.75, 3.05) is 7.11 Å². The molecule has 0 saturated carbocycles. The molecule has 0 radical (unpaired) electrons. The Morgan fingerprint density at radius 3 is 2.52 bits per heavy atom. The van der Waals surface area contributed by atoms with Crippen molar-refractivity contribution in [1.82, 2.24) is 0 Å². The van der Waals surface area contributed by atoms with Crippen LogP contribution < -0.4 is 9.47 Å². The predicted molar refractivity (Wildman–Crippen MR) is 85.1 cm³/mol. The third-order valence-electron chi connectivity index (χ3n) is 3.06. The van der Waals surface area contributed by atoms with Gasteiger partial charge in [-0.25, -0.2) is 0 Å². The molecule has 0 fully saturated rings. The Hall–Kier alpha value is -3.23. The van der Waals surface area contributed by atoms with E-state index in [1.54, 1.807) is 12.1 Å². The highest BCUT2D eigenvalue weighted by Crippen LogP contribution is 2.28. The van der Waals surface area contributed by atoms with E-state index >= 15 is 0 Å². The van der Waals surface area contributed by atoms with Crippen LogP contribution in [0.1, 0.15) is 11.1 Å². The van der Waals surface area contributed by atoms with Crippen LogP contribution in [0.15, 0.2) is 47.6 Å². The largest absolute Gasteiger partial charge is 0.493 e. The zero-order chi connectivity index (χ0) is 18.2. The van der Waals surface area contributed by atoms with Crippen molar-refractivity contribution in [3.05, 3.63) is 63.7 Å². The highest BCUT2D eigenvalue weighted by atomic mass is 19.3. The van der Waals surface area contributed by atoms with Crippen LogP contribution in [0.3, 0.4) is 0 Å². The molecule has 25 heavy (non-hydrogen) atoms. The molecule has 0 unspecified atom stereocenters. The van der Waals surface area contributed by atoms with Gasteiger partial charge in [0.15, 0.2) is 11.5 Å². The van der Waals surface area contributed by atoms with Gasteiger partial charge in [-0.1, -0.05) is 5.16 Å². The average molecular weight is 352 g/mol. The van der Waals surface area contributed by atoms with Gasteiger partial charge in [0.25, 0.3) is 5.69 Å². The number of nitro benzene ring substituents is 1. The summed E-state index contributed by atoms with van der Waals surface area (Å²) >= 11 is 0. The number of alkyl halides is 2. The number of oxime groups is 1. The normalized spacial score (nSPS) is 10.9. The number of nitro groups is 1. The number of nitrogens with zero attached hydrogens (tertiary/aromatic N) is 2. The summed E-state index contributed by atoms with van der Waals surface area (Å²) in [6.45, 7) is -2.82. The first-order valence-electron chi connectivity index (χ1n) is 7.01. The minimum atomic E-state index is -2.95. The molecule has 0 heterocycles. The summed E-state index contributed by atoms with van der Waals surface area (Å²) in [7, 11) is 1.33. The molecule has 132 valence electrons. The minimum absolute atomic E-state index is 0.00884. The highest BCUT2D eigenvalue weighted by Gasteiger charge is 2.10. The van der Waals surface area contributed by atoms with E-state index in [1.807, 2.05) is 0 Å². The molecule has 0 aliphatic heterocycles. The lowest BCUT2D eigenvalue weighted by Gasteiger charge is -2.09.